The summed E-state index contributed by atoms with van der Waals surface area (Å²) in [4.78, 5) is 44.2. The number of aryl methyl sites for hydroxylation is 2. The van der Waals surface area contributed by atoms with E-state index in [9.17, 15) is 35.4 Å². The molecular formula is C29H35F6N2O4P. The Labute approximate surface area is 240 Å². The summed E-state index contributed by atoms with van der Waals surface area (Å²) in [6, 6.07) is 9.65. The molecule has 4 rings (SSSR count). The summed E-state index contributed by atoms with van der Waals surface area (Å²) < 4.78 is 54.9. The molecule has 0 unspecified atom stereocenters. The van der Waals surface area contributed by atoms with Crippen molar-refractivity contribution in [2.45, 2.75) is 59.0 Å². The number of hydrogen-bond donors (Lipinski definition) is 0. The number of pyridine rings is 1. The van der Waals surface area contributed by atoms with Gasteiger partial charge in [0.2, 0.25) is 11.6 Å². The van der Waals surface area contributed by atoms with Crippen LogP contribution in [0.3, 0.4) is 0 Å². The minimum atomic E-state index is -8.75. The molecule has 13 heteroatoms. The Morgan fingerprint density at radius 3 is 2.07 bits per heavy atom. The van der Waals surface area contributed by atoms with E-state index in [1.165, 1.54) is 0 Å². The summed E-state index contributed by atoms with van der Waals surface area (Å²) in [5.74, 6) is 5.23. The van der Waals surface area contributed by atoms with Crippen LogP contribution in [0.25, 0.3) is 0 Å². The molecule has 2 aliphatic rings. The maximum absolute atomic E-state index is 13.3. The number of H-pyrrole nitrogens is 1. The number of hydrogen-bond acceptors (Lipinski definition) is 4. The van der Waals surface area contributed by atoms with Gasteiger partial charge < -0.3 is 9.64 Å². The van der Waals surface area contributed by atoms with Crippen molar-refractivity contribution in [1.82, 2.24) is 4.90 Å². The number of carbonyl (C=O) groups is 3. The van der Waals surface area contributed by atoms with Gasteiger partial charge >= 0.3 is 29.1 Å². The van der Waals surface area contributed by atoms with Gasteiger partial charge in [0.25, 0.3) is 0 Å². The van der Waals surface area contributed by atoms with Crippen molar-refractivity contribution >= 4 is 25.6 Å². The van der Waals surface area contributed by atoms with Gasteiger partial charge in [-0.15, -0.1) is 5.92 Å². The Balaban J connectivity index is 0.000000798. The second-order valence-electron chi connectivity index (χ2n) is 10.6. The third-order valence-electron chi connectivity index (χ3n) is 7.33. The van der Waals surface area contributed by atoms with E-state index < -0.39 is 14.1 Å². The summed E-state index contributed by atoms with van der Waals surface area (Å²) in [5, 5.41) is 0. The monoisotopic (exact) mass is 620 g/mol. The molecule has 42 heavy (non-hydrogen) atoms. The number of nitrogens with zero attached hydrogens (tertiary/aromatic N) is 1. The first-order chi connectivity index (χ1) is 19.1. The van der Waals surface area contributed by atoms with E-state index in [-0.39, 0.29) is 34.2 Å². The molecule has 232 valence electrons. The van der Waals surface area contributed by atoms with Crippen molar-refractivity contribution in [3.8, 4) is 11.8 Å². The van der Waals surface area contributed by atoms with Crippen molar-refractivity contribution in [1.29, 1.82) is 0 Å². The van der Waals surface area contributed by atoms with Gasteiger partial charge in [-0.1, -0.05) is 12.0 Å². The Bertz CT molecular complexity index is 1300. The number of amides is 1. The molecule has 0 radical (unpaired) electrons. The van der Waals surface area contributed by atoms with Crippen LogP contribution in [0.15, 0.2) is 36.5 Å². The first kappa shape index (κ1) is 34.9. The molecule has 2 aromatic rings. The van der Waals surface area contributed by atoms with Gasteiger partial charge in [0, 0.05) is 43.6 Å². The number of piperidine rings is 1. The molecule has 6 nitrogen and oxygen atoms in total. The summed E-state index contributed by atoms with van der Waals surface area (Å²) in [6.45, 7) is 7.17. The molecule has 2 heterocycles. The summed E-state index contributed by atoms with van der Waals surface area (Å²) in [7, 11) is -8.75. The summed E-state index contributed by atoms with van der Waals surface area (Å²) in [6.07, 6.45) is 3.93. The number of nitrogens with one attached hydrogen (secondary N) is 1. The number of Topliss-reactive ketones (excluding diaryl/α,β-unsaturated/α-hetero) is 2. The van der Waals surface area contributed by atoms with Crippen LogP contribution >= 0.6 is 8.16 Å². The van der Waals surface area contributed by atoms with Crippen molar-refractivity contribution in [3.63, 3.8) is 0 Å². The topological polar surface area (TPSA) is 77.8 Å². The molecular weight excluding hydrogens is 585 g/mol. The first-order valence-corrected chi connectivity index (χ1v) is 15.1. The zero-order valence-corrected chi connectivity index (χ0v) is 24.6. The van der Waals surface area contributed by atoms with Crippen LogP contribution in [0.2, 0.25) is 0 Å². The number of rotatable bonds is 5. The molecule has 2 fully saturated rings. The van der Waals surface area contributed by atoms with Gasteiger partial charge in [-0.05, 0) is 67.9 Å². The summed E-state index contributed by atoms with van der Waals surface area (Å²) in [5.41, 5.74) is 4.21. The molecule has 1 aliphatic heterocycles. The number of aromatic amines is 1. The number of carbonyl (C=O) groups excluding carboxylic acids is 3. The van der Waals surface area contributed by atoms with E-state index in [1.54, 1.807) is 11.8 Å². The second-order valence-corrected chi connectivity index (χ2v) is 12.0. The van der Waals surface area contributed by atoms with E-state index in [1.807, 2.05) is 50.4 Å². The minimum absolute atomic E-state index is 0. The predicted octanol–water partition coefficient (Wildman–Crippen LogP) is 6.18. The van der Waals surface area contributed by atoms with Crippen LogP contribution in [-0.2, 0) is 25.7 Å². The van der Waals surface area contributed by atoms with E-state index in [0.717, 1.165) is 27.9 Å². The molecule has 0 atom stereocenters. The molecule has 1 saturated carbocycles. The van der Waals surface area contributed by atoms with E-state index in [0.29, 0.717) is 45.4 Å². The van der Waals surface area contributed by atoms with Crippen LogP contribution in [-0.4, -0.2) is 42.1 Å². The van der Waals surface area contributed by atoms with Gasteiger partial charge in [0.1, 0.15) is 30.7 Å². The van der Waals surface area contributed by atoms with Crippen LogP contribution in [0.5, 0.6) is 0 Å². The van der Waals surface area contributed by atoms with Crippen LogP contribution in [0.1, 0.15) is 66.5 Å². The van der Waals surface area contributed by atoms with E-state index >= 15 is 0 Å². The molecule has 1 saturated heterocycles. The quantitative estimate of drug-likeness (QED) is 0.173. The van der Waals surface area contributed by atoms with Gasteiger partial charge in [-0.25, -0.2) is 4.98 Å². The predicted molar refractivity (Wildman–Crippen MR) is 148 cm³/mol. The fourth-order valence-electron chi connectivity index (χ4n) is 5.60. The van der Waals surface area contributed by atoms with E-state index in [2.05, 4.69) is 16.8 Å². The summed E-state index contributed by atoms with van der Waals surface area (Å²) >= 11 is 0. The normalized spacial score (nSPS) is 17.6. The van der Waals surface area contributed by atoms with Crippen molar-refractivity contribution < 1.29 is 49.8 Å². The zero-order valence-electron chi connectivity index (χ0n) is 23.6. The second kappa shape index (κ2) is 13.8. The average Bonchev–Trinajstić information content (AvgIpc) is 2.85. The number of ketones is 2. The van der Waals surface area contributed by atoms with Crippen LogP contribution in [0.4, 0.5) is 25.7 Å². The van der Waals surface area contributed by atoms with Gasteiger partial charge in [0.15, 0.2) is 6.20 Å². The number of halogens is 6. The SMILES string of the molecule is CC#Cc1cc(C)c(C2C(=O)CC3(CCN(C(=O)COCc4cccc[nH+]4)CC3)CC2=O)c(C)c1.F.F[PH-](F)(F)(F)F. The third-order valence-corrected chi connectivity index (χ3v) is 7.33. The number of likely N-dealkylation sites (tertiary alicyclic amines) is 1. The Kier molecular flexibility index (Phi) is 11.5. The Morgan fingerprint density at radius 2 is 1.60 bits per heavy atom. The Hall–Kier alpha value is -3.29. The fraction of sp³-hybridized carbons (Fsp3) is 0.448. The first-order valence-electron chi connectivity index (χ1n) is 13.2. The van der Waals surface area contributed by atoms with Crippen molar-refractivity contribution in [3.05, 3.63) is 64.5 Å². The van der Waals surface area contributed by atoms with Crippen molar-refractivity contribution in [2.75, 3.05) is 19.7 Å². The molecule has 1 N–H and O–H groups in total. The standard InChI is InChI=1S/C29H32N2O4.F5HP.FH/c1-4-7-22-14-20(2)27(21(3)15-22)28-24(32)16-29(17-25(28)33)9-12-31(13-10-29)26(34)19-35-18-23-8-5-6-11-30-23;1-6(2,3,4)5;/h5-6,8,11,14-15,28H,9-10,12-13,16-19H2,1-3H3;6H;1H/q;-1;/p+1. The molecule has 1 amide bonds. The molecule has 1 aromatic heterocycles. The molecule has 1 spiro atoms. The molecule has 1 aliphatic carbocycles. The fourth-order valence-corrected chi connectivity index (χ4v) is 5.60. The average molecular weight is 621 g/mol. The zero-order chi connectivity index (χ0) is 30.4. The Morgan fingerprint density at radius 1 is 1.05 bits per heavy atom. The van der Waals surface area contributed by atoms with Gasteiger partial charge in [0.05, 0.1) is 0 Å². The maximum atomic E-state index is 13.3. The number of ether oxygens (including phenoxy) is 1. The van der Waals surface area contributed by atoms with Crippen LogP contribution < -0.4 is 4.98 Å². The third kappa shape index (κ3) is 10.2. The molecule has 0 bridgehead atoms. The van der Waals surface area contributed by atoms with Gasteiger partial charge in [-0.3, -0.25) is 19.1 Å². The molecule has 1 aromatic carbocycles. The number of benzene rings is 1. The number of aromatic nitrogens is 1. The van der Waals surface area contributed by atoms with Crippen molar-refractivity contribution in [2.24, 2.45) is 5.41 Å². The van der Waals surface area contributed by atoms with Crippen LogP contribution in [0, 0.1) is 31.1 Å². The van der Waals surface area contributed by atoms with E-state index in [4.69, 9.17) is 4.74 Å². The van der Waals surface area contributed by atoms with Gasteiger partial charge in [-0.2, -0.15) is 0 Å².